The van der Waals surface area contributed by atoms with E-state index in [1.54, 1.807) is 18.2 Å². The number of H-pyrrole nitrogens is 2. The first-order chi connectivity index (χ1) is 8.83. The molecule has 18 heavy (non-hydrogen) atoms. The van der Waals surface area contributed by atoms with Crippen LogP contribution in [0.5, 0.6) is 0 Å². The largest absolute Gasteiger partial charge is 0.345 e. The van der Waals surface area contributed by atoms with Crippen LogP contribution in [0.3, 0.4) is 0 Å². The molecular weight excluding hydrogens is 236 g/mol. The molecule has 3 N–H and O–H groups in total. The lowest BCUT2D eigenvalue weighted by atomic mass is 10.2. The number of amides is 1. The Balaban J connectivity index is 1.75. The Morgan fingerprint density at radius 1 is 1.17 bits per heavy atom. The highest BCUT2D eigenvalue weighted by atomic mass is 16.1. The maximum Gasteiger partial charge on any atom is 0.251 e. The van der Waals surface area contributed by atoms with Gasteiger partial charge in [-0.1, -0.05) is 5.21 Å². The van der Waals surface area contributed by atoms with Crippen molar-refractivity contribution >= 4 is 16.9 Å². The summed E-state index contributed by atoms with van der Waals surface area (Å²) in [6.45, 7) is 0.214. The first-order valence-electron chi connectivity index (χ1n) is 5.14. The number of hydrogen-bond donors (Lipinski definition) is 3. The van der Waals surface area contributed by atoms with E-state index in [1.165, 1.54) is 0 Å². The van der Waals surface area contributed by atoms with Gasteiger partial charge in [0.25, 0.3) is 5.91 Å². The molecule has 3 aromatic rings. The lowest BCUT2D eigenvalue weighted by molar-refractivity contribution is 0.0950. The van der Waals surface area contributed by atoms with Gasteiger partial charge in [-0.15, -0.1) is 10.2 Å². The van der Waals surface area contributed by atoms with Crippen molar-refractivity contribution in [2.24, 2.45) is 0 Å². The fourth-order valence-electron chi connectivity index (χ4n) is 1.50. The number of fused-ring (bicyclic) bond motifs is 1. The third kappa shape index (κ3) is 1.88. The van der Waals surface area contributed by atoms with E-state index in [4.69, 9.17) is 0 Å². The highest BCUT2D eigenvalue weighted by molar-refractivity contribution is 5.97. The van der Waals surface area contributed by atoms with E-state index in [9.17, 15) is 4.79 Å². The van der Waals surface area contributed by atoms with Gasteiger partial charge in [0.2, 0.25) is 0 Å². The summed E-state index contributed by atoms with van der Waals surface area (Å²) in [4.78, 5) is 11.8. The molecule has 0 radical (unpaired) electrons. The number of nitrogens with zero attached hydrogens (tertiary/aromatic N) is 5. The molecule has 0 saturated carbocycles. The molecule has 0 aliphatic heterocycles. The van der Waals surface area contributed by atoms with Gasteiger partial charge >= 0.3 is 0 Å². The summed E-state index contributed by atoms with van der Waals surface area (Å²) in [6, 6.07) is 5.06. The number of rotatable bonds is 3. The second-order valence-electron chi connectivity index (χ2n) is 3.54. The van der Waals surface area contributed by atoms with E-state index < -0.39 is 0 Å². The zero-order valence-electron chi connectivity index (χ0n) is 9.08. The van der Waals surface area contributed by atoms with Crippen LogP contribution in [-0.4, -0.2) is 41.9 Å². The van der Waals surface area contributed by atoms with Crippen molar-refractivity contribution in [3.05, 3.63) is 29.6 Å². The van der Waals surface area contributed by atoms with Crippen molar-refractivity contribution in [1.82, 2.24) is 41.4 Å². The fraction of sp³-hybridized carbons (Fsp3) is 0.111. The normalized spacial score (nSPS) is 10.7. The number of aromatic nitrogens is 7. The summed E-state index contributed by atoms with van der Waals surface area (Å²) in [5.41, 5.74) is 1.85. The van der Waals surface area contributed by atoms with Gasteiger partial charge in [0, 0.05) is 5.56 Å². The third-order valence-electron chi connectivity index (χ3n) is 2.37. The van der Waals surface area contributed by atoms with Gasteiger partial charge in [-0.25, -0.2) is 0 Å². The zero-order chi connectivity index (χ0) is 12.4. The highest BCUT2D eigenvalue weighted by Gasteiger charge is 2.08. The summed E-state index contributed by atoms with van der Waals surface area (Å²) < 4.78 is 0. The van der Waals surface area contributed by atoms with Gasteiger partial charge in [-0.05, 0) is 18.2 Å². The third-order valence-corrected chi connectivity index (χ3v) is 2.37. The molecule has 0 saturated heterocycles. The topological polar surface area (TPSA) is 125 Å². The van der Waals surface area contributed by atoms with Crippen molar-refractivity contribution in [3.8, 4) is 0 Å². The molecule has 0 aliphatic carbocycles. The second-order valence-corrected chi connectivity index (χ2v) is 3.54. The lowest BCUT2D eigenvalue weighted by Gasteiger charge is -2.01. The SMILES string of the molecule is O=C(NCc1nn[nH]n1)c1ccc2n[nH]nc2c1. The van der Waals surface area contributed by atoms with Crippen LogP contribution in [0.4, 0.5) is 0 Å². The number of tetrazole rings is 1. The maximum atomic E-state index is 11.8. The standard InChI is InChI=1S/C9H8N8O/c18-9(10-4-8-13-16-17-14-8)5-1-2-6-7(3-5)12-15-11-6/h1-3H,4H2,(H,10,18)(H,11,12,15)(H,13,14,16,17). The van der Waals surface area contributed by atoms with E-state index in [2.05, 4.69) is 41.4 Å². The van der Waals surface area contributed by atoms with E-state index in [1.807, 2.05) is 0 Å². The van der Waals surface area contributed by atoms with Gasteiger partial charge in [0.05, 0.1) is 6.54 Å². The van der Waals surface area contributed by atoms with Crippen LogP contribution >= 0.6 is 0 Å². The molecule has 0 bridgehead atoms. The van der Waals surface area contributed by atoms with Crippen LogP contribution in [0.15, 0.2) is 18.2 Å². The van der Waals surface area contributed by atoms with Crippen LogP contribution < -0.4 is 5.32 Å². The number of nitrogens with one attached hydrogen (secondary N) is 3. The highest BCUT2D eigenvalue weighted by Crippen LogP contribution is 2.10. The molecule has 3 rings (SSSR count). The minimum absolute atomic E-state index is 0.214. The van der Waals surface area contributed by atoms with E-state index in [0.29, 0.717) is 22.4 Å². The van der Waals surface area contributed by atoms with Crippen LogP contribution in [0.2, 0.25) is 0 Å². The van der Waals surface area contributed by atoms with Crippen LogP contribution in [0.1, 0.15) is 16.2 Å². The minimum Gasteiger partial charge on any atom is -0.345 e. The average molecular weight is 244 g/mol. The van der Waals surface area contributed by atoms with E-state index >= 15 is 0 Å². The lowest BCUT2D eigenvalue weighted by Crippen LogP contribution is -2.23. The molecule has 1 amide bonds. The predicted molar refractivity (Wildman–Crippen MR) is 59.2 cm³/mol. The number of aromatic amines is 2. The molecule has 0 aliphatic rings. The molecule has 90 valence electrons. The molecule has 1 aromatic carbocycles. The van der Waals surface area contributed by atoms with Gasteiger partial charge in [0.1, 0.15) is 11.0 Å². The molecule has 2 heterocycles. The van der Waals surface area contributed by atoms with Crippen molar-refractivity contribution in [3.63, 3.8) is 0 Å². The Kier molecular flexibility index (Phi) is 2.41. The number of benzene rings is 1. The Hall–Kier alpha value is -2.84. The summed E-state index contributed by atoms with van der Waals surface area (Å²) in [7, 11) is 0. The first-order valence-corrected chi connectivity index (χ1v) is 5.14. The Bertz CT molecular complexity index is 673. The smallest absolute Gasteiger partial charge is 0.251 e. The summed E-state index contributed by atoms with van der Waals surface area (Å²) in [5.74, 6) is 0.190. The minimum atomic E-state index is -0.232. The van der Waals surface area contributed by atoms with Crippen LogP contribution in [0.25, 0.3) is 11.0 Å². The van der Waals surface area contributed by atoms with Crippen molar-refractivity contribution < 1.29 is 4.79 Å². The number of hydrogen-bond acceptors (Lipinski definition) is 6. The van der Waals surface area contributed by atoms with Gasteiger partial charge in [0.15, 0.2) is 5.82 Å². The quantitative estimate of drug-likeness (QED) is 0.565. The predicted octanol–water partition coefficient (Wildman–Crippen LogP) is -0.599. The van der Waals surface area contributed by atoms with Crippen molar-refractivity contribution in [1.29, 1.82) is 0 Å². The van der Waals surface area contributed by atoms with E-state index in [-0.39, 0.29) is 12.5 Å². The van der Waals surface area contributed by atoms with Crippen LogP contribution in [-0.2, 0) is 6.54 Å². The fourth-order valence-corrected chi connectivity index (χ4v) is 1.50. The van der Waals surface area contributed by atoms with E-state index in [0.717, 1.165) is 0 Å². The Morgan fingerprint density at radius 3 is 2.89 bits per heavy atom. The maximum absolute atomic E-state index is 11.8. The zero-order valence-corrected chi connectivity index (χ0v) is 9.08. The molecule has 0 fully saturated rings. The Morgan fingerprint density at radius 2 is 2.06 bits per heavy atom. The van der Waals surface area contributed by atoms with Crippen LogP contribution in [0, 0.1) is 0 Å². The average Bonchev–Trinajstić information content (AvgIpc) is 3.05. The molecule has 2 aromatic heterocycles. The summed E-state index contributed by atoms with van der Waals surface area (Å²) in [5, 5.41) is 26.2. The molecule has 9 heteroatoms. The first kappa shape index (κ1) is 10.3. The molecule has 0 unspecified atom stereocenters. The van der Waals surface area contributed by atoms with Gasteiger partial charge in [-0.2, -0.15) is 20.6 Å². The van der Waals surface area contributed by atoms with Crippen molar-refractivity contribution in [2.45, 2.75) is 6.54 Å². The summed E-state index contributed by atoms with van der Waals surface area (Å²) >= 11 is 0. The molecular formula is C9H8N8O. The monoisotopic (exact) mass is 244 g/mol. The van der Waals surface area contributed by atoms with Crippen molar-refractivity contribution in [2.75, 3.05) is 0 Å². The number of carbonyl (C=O) groups excluding carboxylic acids is 1. The Labute approximate surface area is 100.0 Å². The number of carbonyl (C=O) groups is 1. The summed E-state index contributed by atoms with van der Waals surface area (Å²) in [6.07, 6.45) is 0. The van der Waals surface area contributed by atoms with Gasteiger partial charge in [-0.3, -0.25) is 4.79 Å². The molecule has 0 spiro atoms. The molecule has 9 nitrogen and oxygen atoms in total. The molecule has 0 atom stereocenters. The van der Waals surface area contributed by atoms with Gasteiger partial charge < -0.3 is 5.32 Å². The second kappa shape index (κ2) is 4.20.